The number of amides is 1. The molecule has 7 rings (SSSR count). The smallest absolute Gasteiger partial charge is 0.325 e. The molecule has 2 saturated carbocycles. The number of aromatic nitrogens is 3. The van der Waals surface area contributed by atoms with Crippen LogP contribution in [0.3, 0.4) is 0 Å². The predicted molar refractivity (Wildman–Crippen MR) is 224 cm³/mol. The lowest BCUT2D eigenvalue weighted by Crippen LogP contribution is -2.52. The van der Waals surface area contributed by atoms with Crippen molar-refractivity contribution in [2.75, 3.05) is 33.4 Å². The maximum Gasteiger partial charge on any atom is 0.325 e. The summed E-state index contributed by atoms with van der Waals surface area (Å²) >= 11 is 0. The number of esters is 1. The first-order chi connectivity index (χ1) is 28.8. The molecule has 14 heteroatoms. The fraction of sp³-hybridized carbons (Fsp3) is 0.500. The van der Waals surface area contributed by atoms with Crippen LogP contribution in [0.5, 0.6) is 5.75 Å². The third-order valence-electron chi connectivity index (χ3n) is 13.6. The van der Waals surface area contributed by atoms with Crippen molar-refractivity contribution in [2.45, 2.75) is 90.4 Å². The summed E-state index contributed by atoms with van der Waals surface area (Å²) in [6.45, 7) is 7.71. The molecule has 0 saturated heterocycles. The van der Waals surface area contributed by atoms with E-state index in [-0.39, 0.29) is 30.1 Å². The molecule has 60 heavy (non-hydrogen) atoms. The fourth-order valence-electron chi connectivity index (χ4n) is 9.92. The van der Waals surface area contributed by atoms with Crippen LogP contribution < -0.4 is 15.4 Å². The fourth-order valence-corrected chi connectivity index (χ4v) is 9.92. The Labute approximate surface area is 350 Å². The number of ether oxygens (including phenoxy) is 2. The number of carboxylic acids is 1. The first-order valence-electron chi connectivity index (χ1n) is 21.0. The minimum absolute atomic E-state index is 0.0168. The van der Waals surface area contributed by atoms with Gasteiger partial charge in [-0.05, 0) is 87.1 Å². The van der Waals surface area contributed by atoms with Gasteiger partial charge in [-0.1, -0.05) is 49.4 Å². The summed E-state index contributed by atoms with van der Waals surface area (Å²) in [7, 11) is 3.30. The number of carbonyl (C=O) groups is 3. The number of nitrogens with zero attached hydrogens (tertiary/aromatic N) is 4. The summed E-state index contributed by atoms with van der Waals surface area (Å²) < 4.78 is 29.3. The molecular weight excluding hydrogens is 768 g/mol. The zero-order valence-corrected chi connectivity index (χ0v) is 35.2. The van der Waals surface area contributed by atoms with E-state index >= 15 is 4.39 Å². The lowest BCUT2D eigenvalue weighted by molar-refractivity contribution is -0.148. The van der Waals surface area contributed by atoms with Crippen LogP contribution in [0.4, 0.5) is 4.39 Å². The van der Waals surface area contributed by atoms with Crippen LogP contribution in [-0.4, -0.2) is 92.5 Å². The lowest BCUT2D eigenvalue weighted by Gasteiger charge is -2.39. The van der Waals surface area contributed by atoms with E-state index in [4.69, 9.17) is 14.5 Å². The molecule has 1 aliphatic heterocycles. The van der Waals surface area contributed by atoms with Crippen molar-refractivity contribution in [3.63, 3.8) is 0 Å². The highest BCUT2D eigenvalue weighted by Crippen LogP contribution is 2.63. The second-order valence-corrected chi connectivity index (χ2v) is 17.1. The zero-order chi connectivity index (χ0) is 42.8. The number of aliphatic carboxylic acids is 1. The molecule has 2 aromatic heterocycles. The van der Waals surface area contributed by atoms with Gasteiger partial charge in [0.15, 0.2) is 5.82 Å². The lowest BCUT2D eigenvalue weighted by atomic mass is 9.73. The third kappa shape index (κ3) is 8.29. The molecule has 3 aliphatic carbocycles. The number of aryl methyl sites for hydroxylation is 1. The average molecular weight is 825 g/mol. The van der Waals surface area contributed by atoms with Gasteiger partial charge >= 0.3 is 11.9 Å². The number of carboxylic acid groups (broad SMARTS) is 1. The number of fused-ring (bicyclic) bond motifs is 3. The molecule has 1 aromatic carbocycles. The van der Waals surface area contributed by atoms with Crippen molar-refractivity contribution >= 4 is 29.2 Å². The number of allylic oxidation sites excluding steroid dienone is 2. The minimum atomic E-state index is -1.35. The van der Waals surface area contributed by atoms with Gasteiger partial charge in [0.25, 0.3) is 5.91 Å². The molecule has 4 aliphatic rings. The zero-order valence-electron chi connectivity index (χ0n) is 35.2. The Balaban J connectivity index is 1.13. The van der Waals surface area contributed by atoms with Gasteiger partial charge in [-0.25, -0.2) is 9.37 Å². The van der Waals surface area contributed by atoms with Gasteiger partial charge in [-0.2, -0.15) is 0 Å². The van der Waals surface area contributed by atoms with Crippen LogP contribution >= 0.6 is 0 Å². The molecule has 320 valence electrons. The summed E-state index contributed by atoms with van der Waals surface area (Å²) in [5, 5.41) is 25.8. The summed E-state index contributed by atoms with van der Waals surface area (Å²) in [5.41, 5.74) is 3.50. The molecule has 3 unspecified atom stereocenters. The Morgan fingerprint density at radius 2 is 1.93 bits per heavy atom. The summed E-state index contributed by atoms with van der Waals surface area (Å²) in [6, 6.07) is 8.47. The van der Waals surface area contributed by atoms with Crippen LogP contribution in [0.1, 0.15) is 96.8 Å². The van der Waals surface area contributed by atoms with E-state index in [1.807, 2.05) is 61.9 Å². The van der Waals surface area contributed by atoms with Gasteiger partial charge in [0.05, 0.1) is 37.0 Å². The number of benzene rings is 1. The second-order valence-electron chi connectivity index (χ2n) is 17.1. The van der Waals surface area contributed by atoms with Gasteiger partial charge in [0, 0.05) is 62.5 Å². The molecule has 4 N–H and O–H groups in total. The number of pyridine rings is 1. The maximum atomic E-state index is 16.8. The van der Waals surface area contributed by atoms with Crippen LogP contribution in [0.15, 0.2) is 60.8 Å². The number of imidazole rings is 1. The Morgan fingerprint density at radius 3 is 2.62 bits per heavy atom. The quantitative estimate of drug-likeness (QED) is 0.131. The van der Waals surface area contributed by atoms with E-state index in [2.05, 4.69) is 20.5 Å². The minimum Gasteiger partial charge on any atom is -0.496 e. The summed E-state index contributed by atoms with van der Waals surface area (Å²) in [5.74, 6) is -2.25. The maximum absolute atomic E-state index is 16.8. The molecule has 2 fully saturated rings. The molecule has 2 bridgehead atoms. The second kappa shape index (κ2) is 17.4. The van der Waals surface area contributed by atoms with E-state index in [1.54, 1.807) is 13.0 Å². The topological polar surface area (TPSA) is 168 Å². The normalized spacial score (nSPS) is 25.4. The Morgan fingerprint density at radius 1 is 1.17 bits per heavy atom. The Hall–Kier alpha value is -5.18. The van der Waals surface area contributed by atoms with Crippen molar-refractivity contribution in [1.82, 2.24) is 30.1 Å². The predicted octanol–water partition coefficient (Wildman–Crippen LogP) is 5.70. The number of methoxy groups -OCH3 is 1. The van der Waals surface area contributed by atoms with E-state index in [1.165, 1.54) is 25.4 Å². The standard InChI is InChI=1S/C46H57FN6O7/c1-6-60-42(56)37(27-54)49-25-31-24-48-35(22-39(31)59-5)34(47)23-46(14-9-12-33(30(46)3)32-11-8-7-10-29(32)2)51-41(55)40-50-36-26-53(20-13-38(36)52(40)4)21-19-44-15-17-45(28-44,18-16-44)43(57)58/h7-12,14,22-24,30,37,49,54H,6,13,15-21,25-28H2,1-5H3,(H,51,55)(H,57,58)/b34-23-. The largest absolute Gasteiger partial charge is 0.496 e. The van der Waals surface area contributed by atoms with E-state index in [0.29, 0.717) is 17.9 Å². The van der Waals surface area contributed by atoms with Gasteiger partial charge in [0.1, 0.15) is 23.3 Å². The molecule has 0 radical (unpaired) electrons. The molecule has 1 amide bonds. The highest BCUT2D eigenvalue weighted by molar-refractivity contribution is 5.93. The van der Waals surface area contributed by atoms with Crippen molar-refractivity contribution in [3.05, 3.63) is 100 Å². The SMILES string of the molecule is CCOC(=O)C(CO)NCc1cnc(/C(F)=C/C2(NC(=O)c3nc4c(n3C)CCN(CCC35CCC(C(=O)O)(CC3)C5)C4)C=CC=C(c3ccccc3C)C2C)cc1OC. The van der Waals surface area contributed by atoms with Crippen LogP contribution in [-0.2, 0) is 40.9 Å². The first kappa shape index (κ1) is 42.9. The van der Waals surface area contributed by atoms with Crippen molar-refractivity contribution < 1.29 is 38.5 Å². The number of carbonyl (C=O) groups excluding carboxylic acids is 2. The number of aliphatic hydroxyl groups excluding tert-OH is 1. The van der Waals surface area contributed by atoms with Gasteiger partial charge in [0.2, 0.25) is 0 Å². The number of halogens is 1. The number of nitrogens with one attached hydrogen (secondary N) is 2. The Kier molecular flexibility index (Phi) is 12.5. The molecule has 3 heterocycles. The highest BCUT2D eigenvalue weighted by atomic mass is 19.1. The molecular formula is C46H57FN6O7. The molecule has 13 nitrogen and oxygen atoms in total. The summed E-state index contributed by atoms with van der Waals surface area (Å²) in [4.78, 5) is 50.4. The average Bonchev–Trinajstić information content (AvgIpc) is 3.92. The third-order valence-corrected chi connectivity index (χ3v) is 13.6. The van der Waals surface area contributed by atoms with E-state index in [9.17, 15) is 24.6 Å². The van der Waals surface area contributed by atoms with E-state index in [0.717, 1.165) is 86.1 Å². The number of hydrogen-bond donors (Lipinski definition) is 4. The van der Waals surface area contributed by atoms with Gasteiger partial charge in [-0.3, -0.25) is 29.6 Å². The van der Waals surface area contributed by atoms with Gasteiger partial charge < -0.3 is 29.6 Å². The number of hydrogen-bond acceptors (Lipinski definition) is 10. The summed E-state index contributed by atoms with van der Waals surface area (Å²) in [6.07, 6.45) is 14.4. The first-order valence-corrected chi connectivity index (χ1v) is 21.0. The van der Waals surface area contributed by atoms with Crippen LogP contribution in [0.25, 0.3) is 11.4 Å². The van der Waals surface area contributed by atoms with Crippen molar-refractivity contribution in [2.24, 2.45) is 23.8 Å². The molecule has 3 aromatic rings. The van der Waals surface area contributed by atoms with Crippen LogP contribution in [0.2, 0.25) is 0 Å². The van der Waals surface area contributed by atoms with Crippen LogP contribution in [0, 0.1) is 23.7 Å². The Bertz CT molecular complexity index is 2220. The monoisotopic (exact) mass is 824 g/mol. The number of rotatable bonds is 16. The number of aliphatic hydroxyl groups is 1. The molecule has 0 spiro atoms. The highest BCUT2D eigenvalue weighted by Gasteiger charge is 2.57. The van der Waals surface area contributed by atoms with Crippen molar-refractivity contribution in [1.29, 1.82) is 0 Å². The van der Waals surface area contributed by atoms with Crippen molar-refractivity contribution in [3.8, 4) is 5.75 Å². The van der Waals surface area contributed by atoms with Gasteiger partial charge in [-0.15, -0.1) is 0 Å². The van der Waals surface area contributed by atoms with E-state index < -0.39 is 53.2 Å². The molecule has 3 atom stereocenters.